The average Bonchev–Trinajstić information content (AvgIpc) is 2.99. The maximum Gasteiger partial charge on any atom is 0.226 e. The molecule has 18 heavy (non-hydrogen) atoms. The molecule has 4 nitrogen and oxygen atoms in total. The summed E-state index contributed by atoms with van der Waals surface area (Å²) in [5.41, 5.74) is 0. The van der Waals surface area contributed by atoms with Crippen LogP contribution in [0.4, 0.5) is 0 Å². The maximum absolute atomic E-state index is 5.43. The summed E-state index contributed by atoms with van der Waals surface area (Å²) in [5, 5.41) is 7.62. The molecule has 0 spiro atoms. The van der Waals surface area contributed by atoms with Crippen LogP contribution in [0.25, 0.3) is 0 Å². The van der Waals surface area contributed by atoms with Crippen molar-refractivity contribution in [3.63, 3.8) is 0 Å². The monoisotopic (exact) mass is 249 g/mol. The first kappa shape index (κ1) is 12.2. The van der Waals surface area contributed by atoms with Crippen molar-refractivity contribution in [3.05, 3.63) is 11.7 Å². The first-order chi connectivity index (χ1) is 8.81. The van der Waals surface area contributed by atoms with Crippen LogP contribution in [0.3, 0.4) is 0 Å². The van der Waals surface area contributed by atoms with Crippen LogP contribution in [0.1, 0.15) is 56.7 Å². The highest BCUT2D eigenvalue weighted by Crippen LogP contribution is 2.36. The van der Waals surface area contributed by atoms with E-state index in [0.717, 1.165) is 37.1 Å². The van der Waals surface area contributed by atoms with Gasteiger partial charge in [0.1, 0.15) is 0 Å². The van der Waals surface area contributed by atoms with Gasteiger partial charge in [0.15, 0.2) is 5.82 Å². The molecule has 1 aromatic rings. The molecule has 0 radical (unpaired) electrons. The average molecular weight is 249 g/mol. The highest BCUT2D eigenvalue weighted by molar-refractivity contribution is 4.99. The van der Waals surface area contributed by atoms with Gasteiger partial charge in [0.25, 0.3) is 0 Å². The molecule has 0 aromatic carbocycles. The lowest BCUT2D eigenvalue weighted by molar-refractivity contribution is 0.313. The second kappa shape index (κ2) is 5.39. The molecule has 1 aliphatic carbocycles. The molecule has 1 aromatic heterocycles. The Morgan fingerprint density at radius 3 is 3.00 bits per heavy atom. The van der Waals surface area contributed by atoms with Crippen LogP contribution in [-0.4, -0.2) is 23.2 Å². The van der Waals surface area contributed by atoms with Gasteiger partial charge in [-0.2, -0.15) is 4.98 Å². The number of aromatic nitrogens is 2. The highest BCUT2D eigenvalue weighted by atomic mass is 16.5. The lowest BCUT2D eigenvalue weighted by atomic mass is 9.96. The predicted molar refractivity (Wildman–Crippen MR) is 69.4 cm³/mol. The Morgan fingerprint density at radius 1 is 1.33 bits per heavy atom. The lowest BCUT2D eigenvalue weighted by Gasteiger charge is -2.20. The minimum atomic E-state index is 0.544. The Bertz CT molecular complexity index is 384. The summed E-state index contributed by atoms with van der Waals surface area (Å²) in [7, 11) is 0. The Hall–Kier alpha value is -0.900. The van der Waals surface area contributed by atoms with Crippen molar-refractivity contribution in [1.29, 1.82) is 0 Å². The molecule has 2 heterocycles. The molecule has 0 bridgehead atoms. The molecule has 1 saturated carbocycles. The van der Waals surface area contributed by atoms with Crippen molar-refractivity contribution in [3.8, 4) is 0 Å². The van der Waals surface area contributed by atoms with Gasteiger partial charge in [0.05, 0.1) is 0 Å². The number of hydrogen-bond donors (Lipinski definition) is 1. The summed E-state index contributed by atoms with van der Waals surface area (Å²) in [4.78, 5) is 4.62. The summed E-state index contributed by atoms with van der Waals surface area (Å²) < 4.78 is 5.43. The van der Waals surface area contributed by atoms with Crippen LogP contribution in [0.2, 0.25) is 0 Å². The van der Waals surface area contributed by atoms with Gasteiger partial charge >= 0.3 is 0 Å². The molecule has 1 N–H and O–H groups in total. The van der Waals surface area contributed by atoms with E-state index in [1.807, 2.05) is 0 Å². The smallest absolute Gasteiger partial charge is 0.226 e. The van der Waals surface area contributed by atoms with Crippen molar-refractivity contribution in [1.82, 2.24) is 15.5 Å². The SMILES string of the molecule is CC1CCC(c2noc(CC3CCCNC3)n2)C1. The van der Waals surface area contributed by atoms with Crippen molar-refractivity contribution in [2.24, 2.45) is 11.8 Å². The van der Waals surface area contributed by atoms with Gasteiger partial charge in [-0.3, -0.25) is 0 Å². The third-order valence-electron chi connectivity index (χ3n) is 4.41. The Kier molecular flexibility index (Phi) is 3.64. The van der Waals surface area contributed by atoms with Crippen LogP contribution in [0, 0.1) is 11.8 Å². The Labute approximate surface area is 109 Å². The minimum absolute atomic E-state index is 0.544. The summed E-state index contributed by atoms with van der Waals surface area (Å²) in [6.07, 6.45) is 7.26. The van der Waals surface area contributed by atoms with Gasteiger partial charge in [-0.1, -0.05) is 12.1 Å². The van der Waals surface area contributed by atoms with E-state index in [1.54, 1.807) is 0 Å². The van der Waals surface area contributed by atoms with Crippen molar-refractivity contribution in [2.45, 2.75) is 51.4 Å². The van der Waals surface area contributed by atoms with Gasteiger partial charge in [-0.05, 0) is 57.0 Å². The molecule has 3 unspecified atom stereocenters. The van der Waals surface area contributed by atoms with E-state index in [-0.39, 0.29) is 0 Å². The van der Waals surface area contributed by atoms with E-state index in [1.165, 1.54) is 32.1 Å². The number of piperidine rings is 1. The van der Waals surface area contributed by atoms with Gasteiger partial charge in [-0.15, -0.1) is 0 Å². The van der Waals surface area contributed by atoms with Gasteiger partial charge in [0.2, 0.25) is 5.89 Å². The first-order valence-corrected chi connectivity index (χ1v) is 7.34. The summed E-state index contributed by atoms with van der Waals surface area (Å²) in [6.45, 7) is 4.57. The molecule has 1 saturated heterocycles. The van der Waals surface area contributed by atoms with E-state index in [2.05, 4.69) is 22.4 Å². The van der Waals surface area contributed by atoms with Crippen LogP contribution in [0.15, 0.2) is 4.52 Å². The van der Waals surface area contributed by atoms with Crippen molar-refractivity contribution >= 4 is 0 Å². The van der Waals surface area contributed by atoms with Crippen molar-refractivity contribution in [2.75, 3.05) is 13.1 Å². The van der Waals surface area contributed by atoms with Crippen LogP contribution in [0.5, 0.6) is 0 Å². The standard InChI is InChI=1S/C14H23N3O/c1-10-4-5-12(7-10)14-16-13(18-17-14)8-11-3-2-6-15-9-11/h10-12,15H,2-9H2,1H3. The van der Waals surface area contributed by atoms with Crippen LogP contribution in [-0.2, 0) is 6.42 Å². The fourth-order valence-electron chi connectivity index (χ4n) is 3.30. The van der Waals surface area contributed by atoms with E-state index in [0.29, 0.717) is 11.8 Å². The molecule has 2 aliphatic rings. The minimum Gasteiger partial charge on any atom is -0.339 e. The normalized spacial score (nSPS) is 32.8. The van der Waals surface area contributed by atoms with E-state index < -0.39 is 0 Å². The Morgan fingerprint density at radius 2 is 2.28 bits per heavy atom. The van der Waals surface area contributed by atoms with Gasteiger partial charge < -0.3 is 9.84 Å². The number of rotatable bonds is 3. The fraction of sp³-hybridized carbons (Fsp3) is 0.857. The molecule has 2 fully saturated rings. The zero-order chi connectivity index (χ0) is 12.4. The molecule has 3 atom stereocenters. The number of nitrogens with zero attached hydrogens (tertiary/aromatic N) is 2. The highest BCUT2D eigenvalue weighted by Gasteiger charge is 2.27. The molecule has 1 aliphatic heterocycles. The fourth-order valence-corrected chi connectivity index (χ4v) is 3.30. The molecular formula is C14H23N3O. The van der Waals surface area contributed by atoms with E-state index in [9.17, 15) is 0 Å². The van der Waals surface area contributed by atoms with Gasteiger partial charge in [0, 0.05) is 12.3 Å². The molecule has 0 amide bonds. The second-order valence-corrected chi connectivity index (χ2v) is 6.08. The second-order valence-electron chi connectivity index (χ2n) is 6.08. The molecule has 3 rings (SSSR count). The number of hydrogen-bond acceptors (Lipinski definition) is 4. The largest absolute Gasteiger partial charge is 0.339 e. The first-order valence-electron chi connectivity index (χ1n) is 7.34. The van der Waals surface area contributed by atoms with E-state index in [4.69, 9.17) is 4.52 Å². The summed E-state index contributed by atoms with van der Waals surface area (Å²) >= 11 is 0. The third-order valence-corrected chi connectivity index (χ3v) is 4.41. The lowest BCUT2D eigenvalue weighted by Crippen LogP contribution is -2.30. The Balaban J connectivity index is 1.59. The maximum atomic E-state index is 5.43. The van der Waals surface area contributed by atoms with Crippen molar-refractivity contribution < 1.29 is 4.52 Å². The molecular weight excluding hydrogens is 226 g/mol. The number of nitrogens with one attached hydrogen (secondary N) is 1. The summed E-state index contributed by atoms with van der Waals surface area (Å²) in [6, 6.07) is 0. The topological polar surface area (TPSA) is 51.0 Å². The molecule has 4 heteroatoms. The third kappa shape index (κ3) is 2.74. The quantitative estimate of drug-likeness (QED) is 0.894. The van der Waals surface area contributed by atoms with Crippen LogP contribution < -0.4 is 5.32 Å². The zero-order valence-corrected chi connectivity index (χ0v) is 11.2. The van der Waals surface area contributed by atoms with Gasteiger partial charge in [-0.25, -0.2) is 0 Å². The van der Waals surface area contributed by atoms with E-state index >= 15 is 0 Å². The predicted octanol–water partition coefficient (Wildman–Crippen LogP) is 2.52. The van der Waals surface area contributed by atoms with Crippen LogP contribution >= 0.6 is 0 Å². The summed E-state index contributed by atoms with van der Waals surface area (Å²) in [5.74, 6) is 3.84. The molecule has 100 valence electrons. The zero-order valence-electron chi connectivity index (χ0n) is 11.2.